The second kappa shape index (κ2) is 18.8. The molecular weight excluding hydrogens is 608 g/mol. The van der Waals surface area contributed by atoms with Crippen LogP contribution in [0.4, 0.5) is 9.59 Å². The molecule has 258 valence electrons. The predicted molar refractivity (Wildman–Crippen MR) is 176 cm³/mol. The number of carbonyl (C=O) groups is 3. The summed E-state index contributed by atoms with van der Waals surface area (Å²) < 4.78 is 16.3. The molecule has 0 radical (unpaired) electrons. The van der Waals surface area contributed by atoms with Gasteiger partial charge in [0.05, 0.1) is 37.5 Å². The Kier molecular flexibility index (Phi) is 15.0. The highest BCUT2D eigenvalue weighted by molar-refractivity contribution is 5.77. The molecule has 1 fully saturated rings. The Balaban J connectivity index is 1.54. The third kappa shape index (κ3) is 14.4. The van der Waals surface area contributed by atoms with Crippen LogP contribution in [0.5, 0.6) is 5.75 Å². The molecule has 1 unspecified atom stereocenters. The topological polar surface area (TPSA) is 179 Å². The van der Waals surface area contributed by atoms with Crippen LogP contribution in [0.25, 0.3) is 6.08 Å². The van der Waals surface area contributed by atoms with Gasteiger partial charge in [-0.25, -0.2) is 9.59 Å². The Morgan fingerprint density at radius 3 is 2.19 bits per heavy atom. The highest BCUT2D eigenvalue weighted by Crippen LogP contribution is 2.15. The van der Waals surface area contributed by atoms with Crippen molar-refractivity contribution in [2.45, 2.75) is 63.5 Å². The molecule has 0 aromatic heterocycles. The van der Waals surface area contributed by atoms with E-state index in [1.807, 2.05) is 54.6 Å². The maximum absolute atomic E-state index is 12.6. The van der Waals surface area contributed by atoms with Crippen molar-refractivity contribution in [2.75, 3.05) is 46.0 Å². The van der Waals surface area contributed by atoms with Crippen LogP contribution in [-0.2, 0) is 20.7 Å². The van der Waals surface area contributed by atoms with Gasteiger partial charge >= 0.3 is 12.2 Å². The maximum Gasteiger partial charge on any atom is 0.407 e. The number of nitrogens with zero attached hydrogens (tertiary/aromatic N) is 1. The zero-order chi connectivity index (χ0) is 34.2. The van der Waals surface area contributed by atoms with Crippen LogP contribution in [0.3, 0.4) is 0 Å². The number of hydrogen-bond acceptors (Lipinski definition) is 9. The maximum atomic E-state index is 12.6. The lowest BCUT2D eigenvalue weighted by molar-refractivity contribution is -0.137. The zero-order valence-corrected chi connectivity index (χ0v) is 27.3. The molecule has 47 heavy (non-hydrogen) atoms. The van der Waals surface area contributed by atoms with Crippen molar-refractivity contribution in [3.63, 3.8) is 0 Å². The lowest BCUT2D eigenvalue weighted by Crippen LogP contribution is -2.51. The first-order chi connectivity index (χ1) is 22.4. The zero-order valence-electron chi connectivity index (χ0n) is 27.3. The number of rotatable bonds is 16. The number of morpholine rings is 1. The molecule has 2 aromatic carbocycles. The van der Waals surface area contributed by atoms with Crippen molar-refractivity contribution in [1.82, 2.24) is 20.9 Å². The van der Waals surface area contributed by atoms with Gasteiger partial charge in [-0.1, -0.05) is 54.6 Å². The predicted octanol–water partition coefficient (Wildman–Crippen LogP) is 2.41. The third-order valence-electron chi connectivity index (χ3n) is 7.25. The van der Waals surface area contributed by atoms with Crippen LogP contribution in [0.2, 0.25) is 0 Å². The fraction of sp³-hybridized carbons (Fsp3) is 0.500. The van der Waals surface area contributed by atoms with Gasteiger partial charge in [-0.05, 0) is 56.9 Å². The van der Waals surface area contributed by atoms with Crippen LogP contribution < -0.4 is 20.7 Å². The molecule has 3 rings (SSSR count). The second-order valence-corrected chi connectivity index (χ2v) is 12.3. The van der Waals surface area contributed by atoms with Gasteiger partial charge in [0.1, 0.15) is 11.4 Å². The fourth-order valence-corrected chi connectivity index (χ4v) is 4.82. The van der Waals surface area contributed by atoms with Crippen molar-refractivity contribution in [3.05, 3.63) is 71.8 Å². The average molecular weight is 657 g/mol. The summed E-state index contributed by atoms with van der Waals surface area (Å²) in [6.07, 6.45) is 0.0996. The number of benzene rings is 2. The summed E-state index contributed by atoms with van der Waals surface area (Å²) in [4.78, 5) is 37.9. The Hall–Kier alpha value is -4.17. The number of carboxylic acid groups (broad SMARTS) is 1. The van der Waals surface area contributed by atoms with Gasteiger partial charge in [-0.3, -0.25) is 4.79 Å². The van der Waals surface area contributed by atoms with Crippen molar-refractivity contribution in [3.8, 4) is 5.75 Å². The first-order valence-corrected chi connectivity index (χ1v) is 15.7. The van der Waals surface area contributed by atoms with Crippen LogP contribution in [0.15, 0.2) is 60.7 Å². The first kappa shape index (κ1) is 37.3. The van der Waals surface area contributed by atoms with E-state index in [2.05, 4.69) is 16.0 Å². The molecule has 4 atom stereocenters. The first-order valence-electron chi connectivity index (χ1n) is 15.7. The average Bonchev–Trinajstić information content (AvgIpc) is 3.03. The van der Waals surface area contributed by atoms with Gasteiger partial charge in [0.25, 0.3) is 5.91 Å². The molecule has 0 bridgehead atoms. The molecule has 13 heteroatoms. The third-order valence-corrected chi connectivity index (χ3v) is 7.25. The van der Waals surface area contributed by atoms with Gasteiger partial charge in [0, 0.05) is 26.2 Å². The van der Waals surface area contributed by atoms with E-state index in [0.29, 0.717) is 32.1 Å². The van der Waals surface area contributed by atoms with E-state index >= 15 is 0 Å². The van der Waals surface area contributed by atoms with E-state index in [9.17, 15) is 29.7 Å². The van der Waals surface area contributed by atoms with Crippen molar-refractivity contribution < 1.29 is 43.9 Å². The molecule has 1 heterocycles. The van der Waals surface area contributed by atoms with E-state index in [1.165, 1.54) is 0 Å². The van der Waals surface area contributed by atoms with E-state index in [-0.39, 0.29) is 38.4 Å². The summed E-state index contributed by atoms with van der Waals surface area (Å²) in [7, 11) is 0. The molecule has 1 aliphatic rings. The number of aliphatic hydroxyl groups is 2. The molecule has 0 spiro atoms. The Morgan fingerprint density at radius 1 is 0.936 bits per heavy atom. The van der Waals surface area contributed by atoms with Crippen LogP contribution in [0.1, 0.15) is 38.3 Å². The lowest BCUT2D eigenvalue weighted by atomic mass is 10.0. The van der Waals surface area contributed by atoms with Gasteiger partial charge in [0.15, 0.2) is 6.61 Å². The number of nitrogens with one attached hydrogen (secondary N) is 3. The Bertz CT molecular complexity index is 1280. The van der Waals surface area contributed by atoms with Gasteiger partial charge in [-0.15, -0.1) is 0 Å². The van der Waals surface area contributed by atoms with Gasteiger partial charge < -0.3 is 50.4 Å². The van der Waals surface area contributed by atoms with E-state index in [1.54, 1.807) is 37.8 Å². The minimum Gasteiger partial charge on any atom is -0.484 e. The molecule has 2 aromatic rings. The van der Waals surface area contributed by atoms with E-state index in [4.69, 9.17) is 14.2 Å². The Labute approximate surface area is 275 Å². The molecule has 0 aliphatic carbocycles. The summed E-state index contributed by atoms with van der Waals surface area (Å²) in [5, 5.41) is 39.1. The smallest absolute Gasteiger partial charge is 0.407 e. The molecule has 0 saturated carbocycles. The molecule has 1 saturated heterocycles. The number of carbonyl (C=O) groups excluding carboxylic acids is 2. The SMILES string of the molecule is CC(C)(C)OC(=O)N[C@@H](CC=Cc1ccc(OCC(=O)N2CCOCC2)cc1)C(O)CNC[C@@H](O)[C@H](Cc1ccccc1)NC(=O)O. The molecule has 6 N–H and O–H groups in total. The molecular formula is C34H48N4O9. The van der Waals surface area contributed by atoms with Gasteiger partial charge in [0.2, 0.25) is 0 Å². The molecule has 1 aliphatic heterocycles. The highest BCUT2D eigenvalue weighted by Gasteiger charge is 2.26. The molecule has 3 amide bonds. The number of ether oxygens (including phenoxy) is 3. The monoisotopic (exact) mass is 656 g/mol. The standard InChI is InChI=1S/C34H48N4O9/c1-34(2,3)47-33(44)37-27(29(39)21-35-22-30(40)28(36-32(42)43)20-25-8-5-4-6-9-25)11-7-10-24-12-14-26(15-13-24)46-23-31(41)38-16-18-45-19-17-38/h4-10,12-15,27-30,35-36,39-40H,11,16-23H2,1-3H3,(H,37,44)(H,42,43)/t27-,28-,29?,30+/m0/s1. The number of aliphatic hydroxyl groups excluding tert-OH is 2. The summed E-state index contributed by atoms with van der Waals surface area (Å²) >= 11 is 0. The second-order valence-electron chi connectivity index (χ2n) is 12.3. The van der Waals surface area contributed by atoms with Crippen molar-refractivity contribution in [2.24, 2.45) is 0 Å². The summed E-state index contributed by atoms with van der Waals surface area (Å²) in [5.74, 6) is 0.466. The van der Waals surface area contributed by atoms with E-state index in [0.717, 1.165) is 11.1 Å². The summed E-state index contributed by atoms with van der Waals surface area (Å²) in [6.45, 7) is 7.34. The number of alkyl carbamates (subject to hydrolysis) is 1. The number of amides is 3. The lowest BCUT2D eigenvalue weighted by Gasteiger charge is -2.27. The van der Waals surface area contributed by atoms with Crippen LogP contribution in [-0.4, -0.2) is 114 Å². The molecule has 13 nitrogen and oxygen atoms in total. The van der Waals surface area contributed by atoms with E-state index < -0.39 is 42.1 Å². The van der Waals surface area contributed by atoms with Crippen molar-refractivity contribution in [1.29, 1.82) is 0 Å². The highest BCUT2D eigenvalue weighted by atomic mass is 16.6. The van der Waals surface area contributed by atoms with Crippen molar-refractivity contribution >= 4 is 24.2 Å². The number of hydrogen-bond donors (Lipinski definition) is 6. The van der Waals surface area contributed by atoms with Gasteiger partial charge in [-0.2, -0.15) is 0 Å². The summed E-state index contributed by atoms with van der Waals surface area (Å²) in [5.41, 5.74) is 0.970. The largest absolute Gasteiger partial charge is 0.484 e. The minimum absolute atomic E-state index is 0.00367. The minimum atomic E-state index is -1.25. The normalized spacial score (nSPS) is 16.1. The summed E-state index contributed by atoms with van der Waals surface area (Å²) in [6, 6.07) is 14.9. The fourth-order valence-electron chi connectivity index (χ4n) is 4.82. The Morgan fingerprint density at radius 2 is 1.57 bits per heavy atom. The van der Waals surface area contributed by atoms with Crippen LogP contribution >= 0.6 is 0 Å². The van der Waals surface area contributed by atoms with Crippen LogP contribution in [0, 0.1) is 0 Å². The quantitative estimate of drug-likeness (QED) is 0.157.